The van der Waals surface area contributed by atoms with Crippen molar-refractivity contribution in [2.75, 3.05) is 6.61 Å². The van der Waals surface area contributed by atoms with E-state index in [9.17, 15) is 0 Å². The fourth-order valence-electron chi connectivity index (χ4n) is 3.04. The number of nitrogens with one attached hydrogen (secondary N) is 1. The second kappa shape index (κ2) is 6.81. The van der Waals surface area contributed by atoms with Gasteiger partial charge in [-0.3, -0.25) is 0 Å². The van der Waals surface area contributed by atoms with Crippen LogP contribution in [0.5, 0.6) is 5.75 Å². The summed E-state index contributed by atoms with van der Waals surface area (Å²) >= 11 is 0. The first-order chi connectivity index (χ1) is 9.61. The third-order valence-corrected chi connectivity index (χ3v) is 4.07. The van der Waals surface area contributed by atoms with E-state index in [2.05, 4.69) is 31.2 Å². The van der Waals surface area contributed by atoms with Crippen molar-refractivity contribution >= 4 is 0 Å². The van der Waals surface area contributed by atoms with Gasteiger partial charge in [-0.1, -0.05) is 44.4 Å². The van der Waals surface area contributed by atoms with Gasteiger partial charge in [-0.2, -0.15) is 0 Å². The quantitative estimate of drug-likeness (QED) is 0.823. The first-order valence-electron chi connectivity index (χ1n) is 7.48. The SMILES string of the molecule is C#CCOc1ccccc1CNC1CCCC(C)(C)C1. The zero-order chi connectivity index (χ0) is 14.4. The van der Waals surface area contributed by atoms with Gasteiger partial charge in [0.25, 0.3) is 0 Å². The minimum absolute atomic E-state index is 0.327. The molecule has 1 unspecified atom stereocenters. The highest BCUT2D eigenvalue weighted by molar-refractivity contribution is 5.33. The summed E-state index contributed by atoms with van der Waals surface area (Å²) in [7, 11) is 0. The van der Waals surface area contributed by atoms with E-state index in [0.717, 1.165) is 12.3 Å². The predicted molar refractivity (Wildman–Crippen MR) is 83.6 cm³/mol. The third-order valence-electron chi connectivity index (χ3n) is 4.07. The topological polar surface area (TPSA) is 21.3 Å². The van der Waals surface area contributed by atoms with E-state index in [1.165, 1.54) is 31.2 Å². The molecule has 1 fully saturated rings. The zero-order valence-electron chi connectivity index (χ0n) is 12.6. The maximum absolute atomic E-state index is 5.59. The van der Waals surface area contributed by atoms with Crippen molar-refractivity contribution in [1.29, 1.82) is 0 Å². The molecule has 0 heterocycles. The van der Waals surface area contributed by atoms with Gasteiger partial charge in [-0.15, -0.1) is 6.42 Å². The van der Waals surface area contributed by atoms with Gasteiger partial charge in [-0.05, 0) is 30.7 Å². The van der Waals surface area contributed by atoms with Crippen LogP contribution in [0, 0.1) is 17.8 Å². The van der Waals surface area contributed by atoms with Crippen LogP contribution in [-0.4, -0.2) is 12.6 Å². The van der Waals surface area contributed by atoms with Crippen molar-refractivity contribution < 1.29 is 4.74 Å². The van der Waals surface area contributed by atoms with Gasteiger partial charge in [0.1, 0.15) is 12.4 Å². The third kappa shape index (κ3) is 4.28. The Balaban J connectivity index is 1.92. The van der Waals surface area contributed by atoms with E-state index >= 15 is 0 Å². The van der Waals surface area contributed by atoms with Crippen LogP contribution >= 0.6 is 0 Å². The Kier molecular flexibility index (Phi) is 5.09. The molecule has 1 aromatic carbocycles. The fraction of sp³-hybridized carbons (Fsp3) is 0.556. The highest BCUT2D eigenvalue weighted by atomic mass is 16.5. The van der Waals surface area contributed by atoms with E-state index in [1.807, 2.05) is 18.2 Å². The first kappa shape index (κ1) is 14.9. The Morgan fingerprint density at radius 2 is 2.20 bits per heavy atom. The summed E-state index contributed by atoms with van der Waals surface area (Å²) in [4.78, 5) is 0. The molecular formula is C18H25NO. The van der Waals surface area contributed by atoms with Crippen LogP contribution in [0.4, 0.5) is 0 Å². The standard InChI is InChI=1S/C18H25NO/c1-4-12-20-17-10-6-5-8-15(17)14-19-16-9-7-11-18(2,3)13-16/h1,5-6,8,10,16,19H,7,9,11-14H2,2-3H3. The van der Waals surface area contributed by atoms with E-state index in [0.29, 0.717) is 18.1 Å². The molecule has 0 bridgehead atoms. The molecule has 108 valence electrons. The molecule has 1 N–H and O–H groups in total. The molecule has 2 rings (SSSR count). The summed E-state index contributed by atoms with van der Waals surface area (Å²) in [6.07, 6.45) is 10.4. The van der Waals surface area contributed by atoms with Crippen LogP contribution in [0.25, 0.3) is 0 Å². The molecule has 2 heteroatoms. The van der Waals surface area contributed by atoms with Crippen molar-refractivity contribution in [1.82, 2.24) is 5.32 Å². The molecule has 1 atom stereocenters. The minimum Gasteiger partial charge on any atom is -0.481 e. The Hall–Kier alpha value is -1.46. The predicted octanol–water partition coefficient (Wildman–Crippen LogP) is 3.76. The highest BCUT2D eigenvalue weighted by Gasteiger charge is 2.27. The molecule has 1 aliphatic carbocycles. The Morgan fingerprint density at radius 3 is 2.95 bits per heavy atom. The molecule has 0 radical (unpaired) electrons. The highest BCUT2D eigenvalue weighted by Crippen LogP contribution is 2.35. The van der Waals surface area contributed by atoms with Gasteiger partial charge in [0, 0.05) is 18.2 Å². The molecule has 1 aromatic rings. The van der Waals surface area contributed by atoms with E-state index in [-0.39, 0.29) is 0 Å². The number of terminal acetylenes is 1. The lowest BCUT2D eigenvalue weighted by Gasteiger charge is -2.35. The Morgan fingerprint density at radius 1 is 1.40 bits per heavy atom. The number of rotatable bonds is 5. The van der Waals surface area contributed by atoms with Gasteiger partial charge in [-0.25, -0.2) is 0 Å². The largest absolute Gasteiger partial charge is 0.481 e. The first-order valence-corrected chi connectivity index (χ1v) is 7.48. The van der Waals surface area contributed by atoms with Crippen molar-refractivity contribution in [2.45, 2.75) is 52.1 Å². The van der Waals surface area contributed by atoms with Crippen LogP contribution in [-0.2, 0) is 6.54 Å². The van der Waals surface area contributed by atoms with Crippen molar-refractivity contribution in [3.63, 3.8) is 0 Å². The van der Waals surface area contributed by atoms with Crippen molar-refractivity contribution in [3.05, 3.63) is 29.8 Å². The molecule has 0 saturated heterocycles. The minimum atomic E-state index is 0.327. The van der Waals surface area contributed by atoms with E-state index in [4.69, 9.17) is 11.2 Å². The molecule has 0 aromatic heterocycles. The van der Waals surface area contributed by atoms with Crippen LogP contribution in [0.15, 0.2) is 24.3 Å². The molecule has 1 aliphatic rings. The molecule has 0 aliphatic heterocycles. The summed E-state index contributed by atoms with van der Waals surface area (Å²) in [6.45, 7) is 5.91. The number of benzene rings is 1. The molecule has 0 amide bonds. The number of hydrogen-bond donors (Lipinski definition) is 1. The van der Waals surface area contributed by atoms with Crippen LogP contribution in [0.3, 0.4) is 0 Å². The maximum Gasteiger partial charge on any atom is 0.148 e. The van der Waals surface area contributed by atoms with Crippen molar-refractivity contribution in [2.24, 2.45) is 5.41 Å². The van der Waals surface area contributed by atoms with Crippen LogP contribution in [0.1, 0.15) is 45.1 Å². The Bertz CT molecular complexity index is 473. The van der Waals surface area contributed by atoms with E-state index < -0.39 is 0 Å². The fourth-order valence-corrected chi connectivity index (χ4v) is 3.04. The molecule has 2 nitrogen and oxygen atoms in total. The van der Waals surface area contributed by atoms with Crippen LogP contribution < -0.4 is 10.1 Å². The lowest BCUT2D eigenvalue weighted by molar-refractivity contribution is 0.197. The van der Waals surface area contributed by atoms with Gasteiger partial charge < -0.3 is 10.1 Å². The lowest BCUT2D eigenvalue weighted by atomic mass is 9.75. The number of hydrogen-bond acceptors (Lipinski definition) is 2. The average molecular weight is 271 g/mol. The summed E-state index contributed by atoms with van der Waals surface area (Å²) in [6, 6.07) is 8.73. The van der Waals surface area contributed by atoms with Crippen LogP contribution in [0.2, 0.25) is 0 Å². The molecule has 1 saturated carbocycles. The van der Waals surface area contributed by atoms with Crippen molar-refractivity contribution in [3.8, 4) is 18.1 Å². The zero-order valence-corrected chi connectivity index (χ0v) is 12.6. The summed E-state index contributed by atoms with van der Waals surface area (Å²) in [5, 5.41) is 3.68. The second-order valence-electron chi connectivity index (χ2n) is 6.44. The maximum atomic E-state index is 5.59. The summed E-state index contributed by atoms with van der Waals surface area (Å²) < 4.78 is 5.59. The Labute approximate surface area is 122 Å². The lowest BCUT2D eigenvalue weighted by Crippen LogP contribution is -2.36. The van der Waals surface area contributed by atoms with Gasteiger partial charge in [0.15, 0.2) is 0 Å². The summed E-state index contributed by atoms with van der Waals surface area (Å²) in [5.41, 5.74) is 1.65. The van der Waals surface area contributed by atoms with Gasteiger partial charge >= 0.3 is 0 Å². The number of para-hydroxylation sites is 1. The molecule has 0 spiro atoms. The summed E-state index contributed by atoms with van der Waals surface area (Å²) in [5.74, 6) is 3.41. The average Bonchev–Trinajstić information content (AvgIpc) is 2.43. The van der Waals surface area contributed by atoms with Gasteiger partial charge in [0.2, 0.25) is 0 Å². The van der Waals surface area contributed by atoms with Gasteiger partial charge in [0.05, 0.1) is 0 Å². The normalized spacial score (nSPS) is 21.1. The second-order valence-corrected chi connectivity index (χ2v) is 6.44. The number of ether oxygens (including phenoxy) is 1. The molecular weight excluding hydrogens is 246 g/mol. The smallest absolute Gasteiger partial charge is 0.148 e. The van der Waals surface area contributed by atoms with E-state index in [1.54, 1.807) is 0 Å². The monoisotopic (exact) mass is 271 g/mol. The molecule has 20 heavy (non-hydrogen) atoms.